The van der Waals surface area contributed by atoms with Gasteiger partial charge in [0, 0.05) is 17.7 Å². The standard InChI is InChI=1S/C22H16O7/c1-11-22(27-2)20(25)13(10-28-11)18-14(23)9-17-19(21(18)26)15(24)8-16(29-17)12-6-4-3-5-7-12/h3-10,23,26H,1-2H3. The van der Waals surface area contributed by atoms with E-state index >= 15 is 0 Å². The first kappa shape index (κ1) is 18.4. The summed E-state index contributed by atoms with van der Waals surface area (Å²) in [6.07, 6.45) is 1.10. The fourth-order valence-corrected chi connectivity index (χ4v) is 3.24. The van der Waals surface area contributed by atoms with Gasteiger partial charge in [-0.25, -0.2) is 0 Å². The van der Waals surface area contributed by atoms with Crippen LogP contribution in [0.4, 0.5) is 0 Å². The summed E-state index contributed by atoms with van der Waals surface area (Å²) in [6.45, 7) is 1.55. The molecule has 4 rings (SSSR count). The van der Waals surface area contributed by atoms with Crippen LogP contribution in [-0.2, 0) is 0 Å². The molecule has 0 amide bonds. The number of hydrogen-bond donors (Lipinski definition) is 2. The van der Waals surface area contributed by atoms with Gasteiger partial charge in [-0.2, -0.15) is 0 Å². The summed E-state index contributed by atoms with van der Waals surface area (Å²) in [5.41, 5.74) is -0.837. The van der Waals surface area contributed by atoms with E-state index in [9.17, 15) is 19.8 Å². The van der Waals surface area contributed by atoms with E-state index in [0.717, 1.165) is 6.26 Å². The molecular formula is C22H16O7. The molecule has 0 atom stereocenters. The Morgan fingerprint density at radius 2 is 1.76 bits per heavy atom. The molecule has 29 heavy (non-hydrogen) atoms. The predicted molar refractivity (Wildman–Crippen MR) is 107 cm³/mol. The first-order valence-corrected chi connectivity index (χ1v) is 8.67. The second-order valence-electron chi connectivity index (χ2n) is 6.40. The number of phenols is 2. The van der Waals surface area contributed by atoms with E-state index in [4.69, 9.17) is 13.6 Å². The SMILES string of the molecule is COc1c(C)occ(-c2c(O)cc3oc(-c4ccccc4)cc(=O)c3c2O)c1=O. The lowest BCUT2D eigenvalue weighted by molar-refractivity contribution is 0.375. The van der Waals surface area contributed by atoms with Gasteiger partial charge in [0.25, 0.3) is 0 Å². The van der Waals surface area contributed by atoms with Crippen LogP contribution in [-0.4, -0.2) is 17.3 Å². The third kappa shape index (κ3) is 2.93. The van der Waals surface area contributed by atoms with Gasteiger partial charge in [0.2, 0.25) is 11.2 Å². The molecule has 0 aliphatic carbocycles. The minimum Gasteiger partial charge on any atom is -0.507 e. The Labute approximate surface area is 164 Å². The Kier molecular flexibility index (Phi) is 4.35. The maximum absolute atomic E-state index is 12.7. The average molecular weight is 392 g/mol. The highest BCUT2D eigenvalue weighted by molar-refractivity contribution is 5.95. The van der Waals surface area contributed by atoms with Crippen molar-refractivity contribution in [2.24, 2.45) is 0 Å². The van der Waals surface area contributed by atoms with Gasteiger partial charge in [0.05, 0.1) is 18.2 Å². The summed E-state index contributed by atoms with van der Waals surface area (Å²) < 4.78 is 16.1. The molecule has 146 valence electrons. The lowest BCUT2D eigenvalue weighted by Crippen LogP contribution is -2.10. The molecule has 2 N–H and O–H groups in total. The Morgan fingerprint density at radius 1 is 1.03 bits per heavy atom. The van der Waals surface area contributed by atoms with Crippen molar-refractivity contribution in [2.75, 3.05) is 7.11 Å². The lowest BCUT2D eigenvalue weighted by Gasteiger charge is -2.11. The van der Waals surface area contributed by atoms with Crippen molar-refractivity contribution in [1.29, 1.82) is 0 Å². The van der Waals surface area contributed by atoms with Crippen molar-refractivity contribution in [3.05, 3.63) is 74.9 Å². The number of rotatable bonds is 3. The van der Waals surface area contributed by atoms with Gasteiger partial charge in [0.15, 0.2) is 5.43 Å². The normalized spacial score (nSPS) is 11.0. The van der Waals surface area contributed by atoms with Gasteiger partial charge < -0.3 is 23.8 Å². The molecule has 0 saturated heterocycles. The molecule has 0 spiro atoms. The monoisotopic (exact) mass is 392 g/mol. The summed E-state index contributed by atoms with van der Waals surface area (Å²) in [6, 6.07) is 11.4. The van der Waals surface area contributed by atoms with Gasteiger partial charge in [-0.3, -0.25) is 9.59 Å². The molecule has 0 aliphatic heterocycles. The Bertz CT molecular complexity index is 1350. The van der Waals surface area contributed by atoms with Crippen molar-refractivity contribution < 1.29 is 23.8 Å². The predicted octanol–water partition coefficient (Wildman–Crippen LogP) is 3.81. The summed E-state index contributed by atoms with van der Waals surface area (Å²) in [5, 5.41) is 21.1. The van der Waals surface area contributed by atoms with Crippen LogP contribution in [0.2, 0.25) is 0 Å². The Hall–Kier alpha value is -4.00. The molecule has 7 nitrogen and oxygen atoms in total. The van der Waals surface area contributed by atoms with Crippen LogP contribution >= 0.6 is 0 Å². The smallest absolute Gasteiger partial charge is 0.235 e. The molecule has 0 radical (unpaired) electrons. The number of fused-ring (bicyclic) bond motifs is 1. The number of aryl methyl sites for hydroxylation is 1. The first-order valence-electron chi connectivity index (χ1n) is 8.67. The molecule has 2 heterocycles. The number of ether oxygens (including phenoxy) is 1. The van der Waals surface area contributed by atoms with E-state index in [1.807, 2.05) is 6.07 Å². The van der Waals surface area contributed by atoms with Crippen molar-refractivity contribution in [2.45, 2.75) is 6.92 Å². The highest BCUT2D eigenvalue weighted by Gasteiger charge is 2.23. The molecule has 2 aromatic heterocycles. The van der Waals surface area contributed by atoms with Gasteiger partial charge in [0.1, 0.15) is 40.3 Å². The van der Waals surface area contributed by atoms with Gasteiger partial charge >= 0.3 is 0 Å². The second-order valence-corrected chi connectivity index (χ2v) is 6.40. The molecule has 4 aromatic rings. The number of phenolic OH excluding ortho intramolecular Hbond substituents is 2. The quantitative estimate of drug-likeness (QED) is 0.545. The fraction of sp³-hybridized carbons (Fsp3) is 0.0909. The van der Waals surface area contributed by atoms with E-state index < -0.39 is 22.4 Å². The number of methoxy groups -OCH3 is 1. The van der Waals surface area contributed by atoms with Crippen LogP contribution in [0.1, 0.15) is 5.76 Å². The number of hydrogen-bond acceptors (Lipinski definition) is 7. The first-order chi connectivity index (χ1) is 13.9. The molecule has 0 unspecified atom stereocenters. The number of benzene rings is 2. The zero-order valence-corrected chi connectivity index (χ0v) is 15.6. The summed E-state index contributed by atoms with van der Waals surface area (Å²) in [7, 11) is 1.31. The van der Waals surface area contributed by atoms with Crippen LogP contribution in [0.3, 0.4) is 0 Å². The molecule has 0 saturated carbocycles. The van der Waals surface area contributed by atoms with Crippen LogP contribution in [0.5, 0.6) is 17.2 Å². The zero-order valence-electron chi connectivity index (χ0n) is 15.6. The maximum Gasteiger partial charge on any atom is 0.235 e. The Morgan fingerprint density at radius 3 is 2.45 bits per heavy atom. The molecule has 7 heteroatoms. The van der Waals surface area contributed by atoms with Crippen LogP contribution < -0.4 is 15.6 Å². The minimum absolute atomic E-state index is 0.0152. The van der Waals surface area contributed by atoms with E-state index in [1.165, 1.54) is 19.2 Å². The van der Waals surface area contributed by atoms with Crippen LogP contribution in [0.25, 0.3) is 33.4 Å². The van der Waals surface area contributed by atoms with E-state index in [-0.39, 0.29) is 39.4 Å². The fourth-order valence-electron chi connectivity index (χ4n) is 3.24. The molecule has 2 aromatic carbocycles. The zero-order chi connectivity index (χ0) is 20.7. The Balaban J connectivity index is 2.01. The largest absolute Gasteiger partial charge is 0.507 e. The molecular weight excluding hydrogens is 376 g/mol. The molecule has 0 aliphatic rings. The summed E-state index contributed by atoms with van der Waals surface area (Å²) in [5.74, 6) is -0.555. The van der Waals surface area contributed by atoms with E-state index in [1.54, 1.807) is 31.2 Å². The van der Waals surface area contributed by atoms with Crippen molar-refractivity contribution in [1.82, 2.24) is 0 Å². The van der Waals surface area contributed by atoms with E-state index in [2.05, 4.69) is 0 Å². The highest BCUT2D eigenvalue weighted by atomic mass is 16.5. The van der Waals surface area contributed by atoms with Crippen molar-refractivity contribution in [3.63, 3.8) is 0 Å². The van der Waals surface area contributed by atoms with Gasteiger partial charge in [-0.1, -0.05) is 30.3 Å². The van der Waals surface area contributed by atoms with Gasteiger partial charge in [-0.05, 0) is 6.92 Å². The lowest BCUT2D eigenvalue weighted by atomic mass is 10.0. The topological polar surface area (TPSA) is 110 Å². The van der Waals surface area contributed by atoms with Crippen LogP contribution in [0, 0.1) is 6.92 Å². The van der Waals surface area contributed by atoms with Gasteiger partial charge in [-0.15, -0.1) is 0 Å². The average Bonchev–Trinajstić information content (AvgIpc) is 2.70. The minimum atomic E-state index is -0.591. The highest BCUT2D eigenvalue weighted by Crippen LogP contribution is 2.41. The van der Waals surface area contributed by atoms with Crippen LogP contribution in [0.15, 0.2) is 67.2 Å². The third-order valence-electron chi connectivity index (χ3n) is 4.63. The second kappa shape index (κ2) is 6.87. The summed E-state index contributed by atoms with van der Waals surface area (Å²) >= 11 is 0. The maximum atomic E-state index is 12.7. The van der Waals surface area contributed by atoms with E-state index in [0.29, 0.717) is 5.56 Å². The molecule has 0 bridgehead atoms. The third-order valence-corrected chi connectivity index (χ3v) is 4.63. The van der Waals surface area contributed by atoms with Crippen molar-refractivity contribution >= 4 is 11.0 Å². The summed E-state index contributed by atoms with van der Waals surface area (Å²) in [4.78, 5) is 25.4. The number of aromatic hydroxyl groups is 2. The van der Waals surface area contributed by atoms with Crippen molar-refractivity contribution in [3.8, 4) is 39.7 Å². The molecule has 0 fully saturated rings.